The molecule has 1 aromatic carbocycles. The lowest BCUT2D eigenvalue weighted by Gasteiger charge is -2.34. The molecule has 138 valence electrons. The van der Waals surface area contributed by atoms with Crippen molar-refractivity contribution in [3.63, 3.8) is 0 Å². The normalized spacial score (nSPS) is 20.6. The van der Waals surface area contributed by atoms with Gasteiger partial charge in [0, 0.05) is 0 Å². The van der Waals surface area contributed by atoms with Crippen LogP contribution in [0, 0.1) is 16.7 Å². The predicted octanol–water partition coefficient (Wildman–Crippen LogP) is 3.19. The fraction of sp³-hybridized carbons (Fsp3) is 0.176. The Morgan fingerprint density at radius 1 is 1.33 bits per heavy atom. The van der Waals surface area contributed by atoms with Crippen molar-refractivity contribution in [2.75, 3.05) is 4.90 Å². The molecule has 0 aliphatic carbocycles. The van der Waals surface area contributed by atoms with Crippen molar-refractivity contribution in [2.24, 2.45) is 4.99 Å². The number of rotatable bonds is 3. The van der Waals surface area contributed by atoms with Crippen LogP contribution in [0.3, 0.4) is 0 Å². The van der Waals surface area contributed by atoms with Gasteiger partial charge in [0.2, 0.25) is 0 Å². The summed E-state index contributed by atoms with van der Waals surface area (Å²) in [7, 11) is 0. The van der Waals surface area contributed by atoms with Crippen LogP contribution in [-0.2, 0) is 6.18 Å². The van der Waals surface area contributed by atoms with Crippen LogP contribution < -0.4 is 10.2 Å². The fourth-order valence-corrected chi connectivity index (χ4v) is 2.53. The summed E-state index contributed by atoms with van der Waals surface area (Å²) in [6, 6.07) is 5.93. The maximum Gasteiger partial charge on any atom is 0.416 e. The molecule has 1 aliphatic heterocycles. The largest absolute Gasteiger partial charge is 0.463 e. The highest BCUT2D eigenvalue weighted by Crippen LogP contribution is 2.32. The average molecular weight is 375 g/mol. The summed E-state index contributed by atoms with van der Waals surface area (Å²) >= 11 is 0. The Morgan fingerprint density at radius 3 is 2.74 bits per heavy atom. The van der Waals surface area contributed by atoms with Gasteiger partial charge in [-0.15, -0.1) is 0 Å². The molecule has 2 atom stereocenters. The van der Waals surface area contributed by atoms with Crippen LogP contribution in [-0.4, -0.2) is 30.2 Å². The first-order valence-electron chi connectivity index (χ1n) is 7.64. The zero-order valence-electron chi connectivity index (χ0n) is 13.6. The second kappa shape index (κ2) is 6.95. The molecule has 2 amide bonds. The molecule has 0 spiro atoms. The summed E-state index contributed by atoms with van der Waals surface area (Å²) in [5.41, 5.74) is -1.11. The van der Waals surface area contributed by atoms with Crippen LogP contribution in [0.5, 0.6) is 0 Å². The Morgan fingerprint density at radius 2 is 2.11 bits per heavy atom. The number of alkyl halides is 3. The Balaban J connectivity index is 1.95. The number of furan rings is 1. The number of halogens is 3. The third-order valence-electron chi connectivity index (χ3n) is 3.80. The predicted molar refractivity (Wildman–Crippen MR) is 89.7 cm³/mol. The van der Waals surface area contributed by atoms with Crippen molar-refractivity contribution >= 4 is 23.8 Å². The lowest BCUT2D eigenvalue weighted by atomic mass is 10.0. The maximum absolute atomic E-state index is 13.0. The van der Waals surface area contributed by atoms with Crippen molar-refractivity contribution in [3.05, 3.63) is 54.0 Å². The van der Waals surface area contributed by atoms with Crippen LogP contribution in [0.15, 0.2) is 52.1 Å². The number of hydrogen-bond donors (Lipinski definition) is 2. The highest BCUT2D eigenvalue weighted by atomic mass is 19.4. The molecule has 10 heteroatoms. The molecule has 0 bridgehead atoms. The molecule has 2 heterocycles. The molecule has 2 aromatic rings. The Kier molecular flexibility index (Phi) is 4.68. The van der Waals surface area contributed by atoms with Crippen LogP contribution in [0.4, 0.5) is 23.7 Å². The van der Waals surface area contributed by atoms with E-state index in [4.69, 9.17) is 9.83 Å². The topological polar surface area (TPSA) is 105 Å². The van der Waals surface area contributed by atoms with Gasteiger partial charge in [-0.2, -0.15) is 18.4 Å². The molecule has 1 aliphatic rings. The number of amides is 2. The van der Waals surface area contributed by atoms with Crippen molar-refractivity contribution < 1.29 is 22.4 Å². The number of nitriles is 1. The summed E-state index contributed by atoms with van der Waals surface area (Å²) in [6.45, 7) is 0. The number of carbonyl (C=O) groups excluding carboxylic acids is 1. The third kappa shape index (κ3) is 3.67. The Labute approximate surface area is 151 Å². The number of anilines is 1. The third-order valence-corrected chi connectivity index (χ3v) is 3.80. The fourth-order valence-electron chi connectivity index (χ4n) is 2.53. The lowest BCUT2D eigenvalue weighted by molar-refractivity contribution is -0.137. The van der Waals surface area contributed by atoms with E-state index in [0.717, 1.165) is 23.1 Å². The SMILES string of the molecule is N#CC1NC(=O)N(c2cccc(C(F)(F)F)c2)C(=N)C1N=Cc1ccco1. The van der Waals surface area contributed by atoms with E-state index in [1.807, 2.05) is 6.07 Å². The van der Waals surface area contributed by atoms with Gasteiger partial charge >= 0.3 is 12.2 Å². The van der Waals surface area contributed by atoms with E-state index in [1.165, 1.54) is 18.5 Å². The second-order valence-corrected chi connectivity index (χ2v) is 5.56. The number of nitrogens with one attached hydrogen (secondary N) is 2. The highest BCUT2D eigenvalue weighted by Gasteiger charge is 2.40. The average Bonchev–Trinajstić information content (AvgIpc) is 3.13. The molecule has 1 saturated heterocycles. The summed E-state index contributed by atoms with van der Waals surface area (Å²) in [6.07, 6.45) is -1.91. The van der Waals surface area contributed by atoms with E-state index in [1.54, 1.807) is 12.1 Å². The minimum atomic E-state index is -4.60. The molecule has 0 saturated carbocycles. The zero-order chi connectivity index (χ0) is 19.6. The molecule has 1 fully saturated rings. The van der Waals surface area contributed by atoms with Gasteiger partial charge in [0.15, 0.2) is 0 Å². The van der Waals surface area contributed by atoms with Gasteiger partial charge in [0.1, 0.15) is 23.7 Å². The number of benzene rings is 1. The summed E-state index contributed by atoms with van der Waals surface area (Å²) in [5, 5.41) is 19.8. The number of amidine groups is 1. The monoisotopic (exact) mass is 375 g/mol. The molecule has 27 heavy (non-hydrogen) atoms. The van der Waals surface area contributed by atoms with Crippen LogP contribution >= 0.6 is 0 Å². The first kappa shape index (κ1) is 18.2. The standard InChI is InChI=1S/C17H12F3N5O2/c18-17(19,20)10-3-1-4-11(7-10)25-15(22)14(13(8-21)24-16(25)26)23-9-12-5-2-6-27-12/h1-7,9,13-14,22H,(H,24,26). The first-order chi connectivity index (χ1) is 12.8. The van der Waals surface area contributed by atoms with Gasteiger partial charge in [-0.05, 0) is 30.3 Å². The van der Waals surface area contributed by atoms with E-state index in [9.17, 15) is 23.2 Å². The maximum atomic E-state index is 13.0. The van der Waals surface area contributed by atoms with E-state index in [0.29, 0.717) is 5.76 Å². The Bertz CT molecular complexity index is 931. The van der Waals surface area contributed by atoms with Crippen molar-refractivity contribution in [3.8, 4) is 6.07 Å². The van der Waals surface area contributed by atoms with Crippen molar-refractivity contribution in [1.82, 2.24) is 5.32 Å². The zero-order valence-corrected chi connectivity index (χ0v) is 13.6. The lowest BCUT2D eigenvalue weighted by Crippen LogP contribution is -2.61. The number of aliphatic imine (C=N–C) groups is 1. The van der Waals surface area contributed by atoms with Crippen LogP contribution in [0.2, 0.25) is 0 Å². The van der Waals surface area contributed by atoms with E-state index >= 15 is 0 Å². The minimum Gasteiger partial charge on any atom is -0.463 e. The molecule has 2 N–H and O–H groups in total. The molecule has 2 unspecified atom stereocenters. The van der Waals surface area contributed by atoms with Crippen molar-refractivity contribution in [2.45, 2.75) is 18.3 Å². The number of hydrogen-bond acceptors (Lipinski definition) is 5. The molecule has 3 rings (SSSR count). The summed E-state index contributed by atoms with van der Waals surface area (Å²) < 4.78 is 43.9. The number of urea groups is 1. The van der Waals surface area contributed by atoms with Gasteiger partial charge in [-0.3, -0.25) is 10.4 Å². The molecule has 0 radical (unpaired) electrons. The number of carbonyl (C=O) groups is 1. The van der Waals surface area contributed by atoms with Gasteiger partial charge in [-0.1, -0.05) is 6.07 Å². The van der Waals surface area contributed by atoms with Crippen LogP contribution in [0.25, 0.3) is 0 Å². The number of nitrogens with zero attached hydrogens (tertiary/aromatic N) is 3. The molecule has 7 nitrogen and oxygen atoms in total. The van der Waals surface area contributed by atoms with Crippen LogP contribution in [0.1, 0.15) is 11.3 Å². The molecule has 1 aromatic heterocycles. The molecular formula is C17H12F3N5O2. The van der Waals surface area contributed by atoms with Gasteiger partial charge in [0.05, 0.1) is 29.8 Å². The second-order valence-electron chi connectivity index (χ2n) is 5.56. The smallest absolute Gasteiger partial charge is 0.416 e. The Hall–Kier alpha value is -3.61. The summed E-state index contributed by atoms with van der Waals surface area (Å²) in [5.74, 6) is -0.0607. The highest BCUT2D eigenvalue weighted by molar-refractivity contribution is 6.20. The first-order valence-corrected chi connectivity index (χ1v) is 7.64. The van der Waals surface area contributed by atoms with Gasteiger partial charge in [-0.25, -0.2) is 9.69 Å². The van der Waals surface area contributed by atoms with E-state index < -0.39 is 35.7 Å². The van der Waals surface area contributed by atoms with E-state index in [2.05, 4.69) is 10.3 Å². The minimum absolute atomic E-state index is 0.151. The quantitative estimate of drug-likeness (QED) is 0.805. The summed E-state index contributed by atoms with van der Waals surface area (Å²) in [4.78, 5) is 17.1. The van der Waals surface area contributed by atoms with Crippen molar-refractivity contribution in [1.29, 1.82) is 10.7 Å². The van der Waals surface area contributed by atoms with E-state index in [-0.39, 0.29) is 5.69 Å². The van der Waals surface area contributed by atoms with Gasteiger partial charge in [0.25, 0.3) is 0 Å². The van der Waals surface area contributed by atoms with Gasteiger partial charge < -0.3 is 9.73 Å². The molecular weight excluding hydrogens is 363 g/mol.